The molecule has 1 fully saturated rings. The lowest BCUT2D eigenvalue weighted by atomic mass is 9.77. The number of nitrogens with one attached hydrogen (secondary N) is 1. The van der Waals surface area contributed by atoms with Gasteiger partial charge in [0, 0.05) is 6.04 Å². The third-order valence-electron chi connectivity index (χ3n) is 3.96. The SMILES string of the molecule is CC(C)CC(CO)NC(=O)C1CCCC(C)C1N. The fourth-order valence-electron chi connectivity index (χ4n) is 2.80. The molecule has 0 bridgehead atoms. The molecule has 0 spiro atoms. The van der Waals surface area contributed by atoms with Gasteiger partial charge in [0.1, 0.15) is 0 Å². The van der Waals surface area contributed by atoms with Crippen LogP contribution in [-0.2, 0) is 4.79 Å². The summed E-state index contributed by atoms with van der Waals surface area (Å²) in [5, 5.41) is 12.2. The van der Waals surface area contributed by atoms with Crippen LogP contribution in [0.25, 0.3) is 0 Å². The van der Waals surface area contributed by atoms with Gasteiger partial charge < -0.3 is 16.2 Å². The van der Waals surface area contributed by atoms with Gasteiger partial charge in [-0.15, -0.1) is 0 Å². The number of rotatable bonds is 5. The third-order valence-corrected chi connectivity index (χ3v) is 3.96. The highest BCUT2D eigenvalue weighted by Crippen LogP contribution is 2.28. The maximum Gasteiger partial charge on any atom is 0.224 e. The summed E-state index contributed by atoms with van der Waals surface area (Å²) in [5.74, 6) is 0.803. The predicted octanol–water partition coefficient (Wildman–Crippen LogP) is 1.27. The zero-order valence-corrected chi connectivity index (χ0v) is 11.9. The first-order valence-electron chi connectivity index (χ1n) is 7.12. The van der Waals surface area contributed by atoms with E-state index in [2.05, 4.69) is 26.1 Å². The van der Waals surface area contributed by atoms with Crippen LogP contribution < -0.4 is 11.1 Å². The molecule has 4 unspecified atom stereocenters. The molecule has 0 aromatic carbocycles. The Kier molecular flexibility index (Phi) is 6.09. The molecule has 0 radical (unpaired) electrons. The average Bonchev–Trinajstić information content (AvgIpc) is 2.31. The second-order valence-electron chi connectivity index (χ2n) is 6.11. The smallest absolute Gasteiger partial charge is 0.224 e. The summed E-state index contributed by atoms with van der Waals surface area (Å²) in [6.45, 7) is 6.29. The number of aliphatic hydroxyl groups excluding tert-OH is 1. The number of hydrogen-bond donors (Lipinski definition) is 3. The molecule has 0 saturated heterocycles. The molecular formula is C14H28N2O2. The lowest BCUT2D eigenvalue weighted by molar-refractivity contribution is -0.128. The molecule has 18 heavy (non-hydrogen) atoms. The Morgan fingerprint density at radius 1 is 1.44 bits per heavy atom. The molecule has 1 aliphatic carbocycles. The Balaban J connectivity index is 2.52. The summed E-state index contributed by atoms with van der Waals surface area (Å²) >= 11 is 0. The number of nitrogens with two attached hydrogens (primary N) is 1. The van der Waals surface area contributed by atoms with Crippen molar-refractivity contribution in [3.05, 3.63) is 0 Å². The minimum absolute atomic E-state index is 0.00142. The van der Waals surface area contributed by atoms with Gasteiger partial charge in [0.05, 0.1) is 18.6 Å². The van der Waals surface area contributed by atoms with Crippen LogP contribution in [0.4, 0.5) is 0 Å². The van der Waals surface area contributed by atoms with E-state index < -0.39 is 0 Å². The molecule has 4 nitrogen and oxygen atoms in total. The van der Waals surface area contributed by atoms with Crippen LogP contribution in [0.3, 0.4) is 0 Å². The molecule has 4 heteroatoms. The van der Waals surface area contributed by atoms with Gasteiger partial charge in [0.2, 0.25) is 5.91 Å². The van der Waals surface area contributed by atoms with Crippen molar-refractivity contribution in [1.29, 1.82) is 0 Å². The van der Waals surface area contributed by atoms with Crippen LogP contribution in [0.5, 0.6) is 0 Å². The largest absolute Gasteiger partial charge is 0.394 e. The number of carbonyl (C=O) groups is 1. The Hall–Kier alpha value is -0.610. The van der Waals surface area contributed by atoms with E-state index in [0.717, 1.165) is 25.7 Å². The van der Waals surface area contributed by atoms with E-state index in [1.54, 1.807) is 0 Å². The summed E-state index contributed by atoms with van der Waals surface area (Å²) in [4.78, 5) is 12.2. The van der Waals surface area contributed by atoms with Crippen molar-refractivity contribution in [2.75, 3.05) is 6.61 Å². The summed E-state index contributed by atoms with van der Waals surface area (Å²) in [6.07, 6.45) is 3.86. The molecule has 1 rings (SSSR count). The summed E-state index contributed by atoms with van der Waals surface area (Å²) in [5.41, 5.74) is 6.12. The molecule has 4 N–H and O–H groups in total. The zero-order valence-electron chi connectivity index (χ0n) is 11.9. The van der Waals surface area contributed by atoms with Gasteiger partial charge in [-0.2, -0.15) is 0 Å². The van der Waals surface area contributed by atoms with Gasteiger partial charge in [0.15, 0.2) is 0 Å². The Bertz CT molecular complexity index is 269. The monoisotopic (exact) mass is 256 g/mol. The van der Waals surface area contributed by atoms with Crippen molar-refractivity contribution in [2.24, 2.45) is 23.5 Å². The average molecular weight is 256 g/mol. The first-order chi connectivity index (χ1) is 8.45. The Morgan fingerprint density at radius 2 is 2.11 bits per heavy atom. The van der Waals surface area contributed by atoms with Crippen molar-refractivity contribution in [1.82, 2.24) is 5.32 Å². The summed E-state index contributed by atoms with van der Waals surface area (Å²) < 4.78 is 0. The topological polar surface area (TPSA) is 75.3 Å². The van der Waals surface area contributed by atoms with Gasteiger partial charge >= 0.3 is 0 Å². The zero-order chi connectivity index (χ0) is 13.7. The maximum atomic E-state index is 12.2. The highest BCUT2D eigenvalue weighted by atomic mass is 16.3. The van der Waals surface area contributed by atoms with E-state index in [1.807, 2.05) is 0 Å². The van der Waals surface area contributed by atoms with E-state index in [4.69, 9.17) is 5.73 Å². The van der Waals surface area contributed by atoms with Crippen molar-refractivity contribution in [3.8, 4) is 0 Å². The number of amides is 1. The van der Waals surface area contributed by atoms with E-state index in [0.29, 0.717) is 11.8 Å². The first-order valence-corrected chi connectivity index (χ1v) is 7.12. The van der Waals surface area contributed by atoms with Crippen LogP contribution in [0.2, 0.25) is 0 Å². The van der Waals surface area contributed by atoms with Crippen molar-refractivity contribution >= 4 is 5.91 Å². The number of aliphatic hydroxyl groups is 1. The molecule has 4 atom stereocenters. The second kappa shape index (κ2) is 7.10. The third kappa shape index (κ3) is 4.25. The van der Waals surface area contributed by atoms with E-state index >= 15 is 0 Å². The Morgan fingerprint density at radius 3 is 2.67 bits per heavy atom. The molecule has 1 aliphatic rings. The van der Waals surface area contributed by atoms with E-state index in [9.17, 15) is 9.90 Å². The number of carbonyl (C=O) groups excluding carboxylic acids is 1. The van der Waals surface area contributed by atoms with Crippen LogP contribution >= 0.6 is 0 Å². The van der Waals surface area contributed by atoms with Crippen molar-refractivity contribution in [2.45, 2.75) is 58.5 Å². The fourth-order valence-corrected chi connectivity index (χ4v) is 2.80. The minimum Gasteiger partial charge on any atom is -0.394 e. The maximum absolute atomic E-state index is 12.2. The van der Waals surface area contributed by atoms with Crippen LogP contribution in [0, 0.1) is 17.8 Å². The molecule has 0 aromatic rings. The van der Waals surface area contributed by atoms with Gasteiger partial charge in [0.25, 0.3) is 0 Å². The van der Waals surface area contributed by atoms with Gasteiger partial charge in [-0.1, -0.05) is 27.2 Å². The highest BCUT2D eigenvalue weighted by Gasteiger charge is 2.33. The lowest BCUT2D eigenvalue weighted by Crippen LogP contribution is -2.50. The normalized spacial score (nSPS) is 30.2. The van der Waals surface area contributed by atoms with Gasteiger partial charge in [-0.3, -0.25) is 4.79 Å². The summed E-state index contributed by atoms with van der Waals surface area (Å²) in [7, 11) is 0. The first kappa shape index (κ1) is 15.4. The fraction of sp³-hybridized carbons (Fsp3) is 0.929. The van der Waals surface area contributed by atoms with Crippen molar-refractivity contribution < 1.29 is 9.90 Å². The van der Waals surface area contributed by atoms with E-state index in [-0.39, 0.29) is 30.5 Å². The second-order valence-corrected chi connectivity index (χ2v) is 6.11. The van der Waals surface area contributed by atoms with Crippen LogP contribution in [0.15, 0.2) is 0 Å². The molecule has 0 aromatic heterocycles. The molecule has 1 saturated carbocycles. The standard InChI is InChI=1S/C14H28N2O2/c1-9(2)7-11(8-17)16-14(18)12-6-4-5-10(3)13(12)15/h9-13,17H,4-8,15H2,1-3H3,(H,16,18). The molecule has 0 aliphatic heterocycles. The van der Waals surface area contributed by atoms with Gasteiger partial charge in [-0.25, -0.2) is 0 Å². The van der Waals surface area contributed by atoms with Crippen molar-refractivity contribution in [3.63, 3.8) is 0 Å². The molecular weight excluding hydrogens is 228 g/mol. The summed E-state index contributed by atoms with van der Waals surface area (Å²) in [6, 6.07) is -0.181. The van der Waals surface area contributed by atoms with E-state index in [1.165, 1.54) is 0 Å². The van der Waals surface area contributed by atoms with Crippen LogP contribution in [0.1, 0.15) is 46.5 Å². The molecule has 106 valence electrons. The Labute approximate surface area is 110 Å². The quantitative estimate of drug-likeness (QED) is 0.693. The minimum atomic E-state index is -0.137. The number of hydrogen-bond acceptors (Lipinski definition) is 3. The highest BCUT2D eigenvalue weighted by molar-refractivity contribution is 5.79. The predicted molar refractivity (Wildman–Crippen MR) is 73.0 cm³/mol. The molecule has 1 amide bonds. The van der Waals surface area contributed by atoms with Gasteiger partial charge in [-0.05, 0) is 31.1 Å². The lowest BCUT2D eigenvalue weighted by Gasteiger charge is -2.33. The molecule has 0 heterocycles. The van der Waals surface area contributed by atoms with Crippen LogP contribution in [-0.4, -0.2) is 29.7 Å².